The van der Waals surface area contributed by atoms with Crippen LogP contribution in [-0.2, 0) is 6.54 Å². The van der Waals surface area contributed by atoms with E-state index in [1.165, 1.54) is 6.20 Å². The number of carbonyl (C=O) groups is 2. The highest BCUT2D eigenvalue weighted by Crippen LogP contribution is 2.32. The third-order valence-electron chi connectivity index (χ3n) is 5.40. The van der Waals surface area contributed by atoms with Crippen molar-refractivity contribution in [1.82, 2.24) is 19.9 Å². The number of nitrogens with zero attached hydrogens (tertiary/aromatic N) is 3. The molecule has 1 aliphatic heterocycles. The minimum Gasteiger partial charge on any atom is -0.454 e. The van der Waals surface area contributed by atoms with Gasteiger partial charge in [0.05, 0.1) is 28.2 Å². The van der Waals surface area contributed by atoms with Crippen molar-refractivity contribution in [2.24, 2.45) is 0 Å². The molecule has 0 spiro atoms. The number of rotatable bonds is 5. The number of amides is 2. The Balaban J connectivity index is 1.33. The molecule has 2 amide bonds. The summed E-state index contributed by atoms with van der Waals surface area (Å²) in [5.74, 6) is 0.664. The lowest BCUT2D eigenvalue weighted by Gasteiger charge is -2.13. The van der Waals surface area contributed by atoms with E-state index in [1.54, 1.807) is 35.7 Å². The number of anilines is 1. The van der Waals surface area contributed by atoms with E-state index in [2.05, 4.69) is 20.7 Å². The van der Waals surface area contributed by atoms with E-state index in [9.17, 15) is 9.59 Å². The number of benzene rings is 2. The second-order valence-corrected chi connectivity index (χ2v) is 7.68. The lowest BCUT2D eigenvalue weighted by molar-refractivity contribution is 0.0951. The van der Waals surface area contributed by atoms with Gasteiger partial charge in [-0.1, -0.05) is 18.2 Å². The number of ether oxygens (including phenoxy) is 2. The average Bonchev–Trinajstić information content (AvgIpc) is 3.43. The first-order valence-electron chi connectivity index (χ1n) is 10.4. The van der Waals surface area contributed by atoms with Gasteiger partial charge in [-0.2, -0.15) is 5.10 Å². The first-order valence-corrected chi connectivity index (χ1v) is 10.4. The third-order valence-corrected chi connectivity index (χ3v) is 5.40. The topological polar surface area (TPSA) is 107 Å². The number of aryl methyl sites for hydroxylation is 2. The third kappa shape index (κ3) is 3.96. The lowest BCUT2D eigenvalue weighted by atomic mass is 10.1. The predicted octanol–water partition coefficient (Wildman–Crippen LogP) is 3.26. The summed E-state index contributed by atoms with van der Waals surface area (Å²) in [4.78, 5) is 30.2. The molecule has 2 aromatic heterocycles. The number of carbonyl (C=O) groups excluding carboxylic acids is 2. The molecule has 1 aliphatic rings. The molecule has 0 fully saturated rings. The summed E-state index contributed by atoms with van der Waals surface area (Å²) >= 11 is 0. The maximum Gasteiger partial charge on any atom is 0.259 e. The van der Waals surface area contributed by atoms with E-state index in [-0.39, 0.29) is 18.6 Å². The van der Waals surface area contributed by atoms with Crippen LogP contribution in [-0.4, -0.2) is 33.2 Å². The summed E-state index contributed by atoms with van der Waals surface area (Å²) in [7, 11) is 0. The molecule has 2 aromatic carbocycles. The number of nitrogens with one attached hydrogen (secondary N) is 2. The molecule has 3 heterocycles. The molecule has 0 saturated carbocycles. The molecule has 0 saturated heterocycles. The summed E-state index contributed by atoms with van der Waals surface area (Å²) in [5, 5.41) is 10.1. The highest BCUT2D eigenvalue weighted by atomic mass is 16.7. The van der Waals surface area contributed by atoms with Crippen molar-refractivity contribution in [3.63, 3.8) is 0 Å². The standard InChI is InChI=1S/C24H21N5O4/c1-14-9-22-25-12-18(15(2)29(22)28-14)24(31)27-19-6-4-3-5-17(19)23(30)26-11-16-7-8-20-21(10-16)33-13-32-20/h3-10,12H,11,13H2,1-2H3,(H,26,30)(H,27,31). The average molecular weight is 443 g/mol. The zero-order valence-electron chi connectivity index (χ0n) is 18.1. The quantitative estimate of drug-likeness (QED) is 0.490. The summed E-state index contributed by atoms with van der Waals surface area (Å²) in [6.07, 6.45) is 1.52. The first-order chi connectivity index (χ1) is 16.0. The van der Waals surface area contributed by atoms with Crippen molar-refractivity contribution in [2.45, 2.75) is 20.4 Å². The van der Waals surface area contributed by atoms with Crippen molar-refractivity contribution in [2.75, 3.05) is 12.1 Å². The summed E-state index contributed by atoms with van der Waals surface area (Å²) in [5.41, 5.74) is 4.16. The highest BCUT2D eigenvalue weighted by molar-refractivity contribution is 6.09. The van der Waals surface area contributed by atoms with Gasteiger partial charge in [-0.3, -0.25) is 9.59 Å². The smallest absolute Gasteiger partial charge is 0.259 e. The van der Waals surface area contributed by atoms with Gasteiger partial charge in [0, 0.05) is 18.8 Å². The van der Waals surface area contributed by atoms with Crippen LogP contribution in [0.1, 0.15) is 37.7 Å². The van der Waals surface area contributed by atoms with Gasteiger partial charge in [0.15, 0.2) is 17.1 Å². The van der Waals surface area contributed by atoms with Crippen molar-refractivity contribution in [1.29, 1.82) is 0 Å². The van der Waals surface area contributed by atoms with Crippen LogP contribution in [0.25, 0.3) is 5.65 Å². The van der Waals surface area contributed by atoms with Crippen molar-refractivity contribution in [3.05, 3.63) is 82.8 Å². The van der Waals surface area contributed by atoms with E-state index in [1.807, 2.05) is 31.2 Å². The fourth-order valence-electron chi connectivity index (χ4n) is 3.69. The zero-order valence-corrected chi connectivity index (χ0v) is 18.1. The van der Waals surface area contributed by atoms with Gasteiger partial charge >= 0.3 is 0 Å². The Hall–Kier alpha value is -4.40. The van der Waals surface area contributed by atoms with Gasteiger partial charge in [0.2, 0.25) is 6.79 Å². The Labute approximate surface area is 189 Å². The second-order valence-electron chi connectivity index (χ2n) is 7.68. The monoisotopic (exact) mass is 443 g/mol. The van der Waals surface area contributed by atoms with Crippen LogP contribution >= 0.6 is 0 Å². The largest absolute Gasteiger partial charge is 0.454 e. The Kier molecular flexibility index (Phi) is 5.14. The molecule has 0 bridgehead atoms. The molecular formula is C24H21N5O4. The highest BCUT2D eigenvalue weighted by Gasteiger charge is 2.18. The number of para-hydroxylation sites is 1. The predicted molar refractivity (Wildman–Crippen MR) is 121 cm³/mol. The minimum absolute atomic E-state index is 0.195. The van der Waals surface area contributed by atoms with E-state index >= 15 is 0 Å². The molecule has 9 nitrogen and oxygen atoms in total. The number of hydrogen-bond acceptors (Lipinski definition) is 6. The van der Waals surface area contributed by atoms with Gasteiger partial charge in [-0.05, 0) is 43.7 Å². The molecule has 5 rings (SSSR count). The van der Waals surface area contributed by atoms with Crippen LogP contribution in [0.3, 0.4) is 0 Å². The van der Waals surface area contributed by atoms with Crippen LogP contribution in [0.15, 0.2) is 54.7 Å². The van der Waals surface area contributed by atoms with Crippen LogP contribution in [0.5, 0.6) is 11.5 Å². The normalized spacial score (nSPS) is 12.1. The fraction of sp³-hybridized carbons (Fsp3) is 0.167. The summed E-state index contributed by atoms with van der Waals surface area (Å²) < 4.78 is 12.3. The minimum atomic E-state index is -0.369. The molecule has 9 heteroatoms. The van der Waals surface area contributed by atoms with Crippen LogP contribution < -0.4 is 20.1 Å². The molecule has 0 aliphatic carbocycles. The molecule has 0 unspecified atom stereocenters. The molecule has 166 valence electrons. The lowest BCUT2D eigenvalue weighted by Crippen LogP contribution is -2.25. The van der Waals surface area contributed by atoms with Gasteiger partial charge < -0.3 is 20.1 Å². The number of fused-ring (bicyclic) bond motifs is 2. The van der Waals surface area contributed by atoms with E-state index < -0.39 is 0 Å². The maximum atomic E-state index is 13.0. The fourth-order valence-corrected chi connectivity index (χ4v) is 3.69. The zero-order chi connectivity index (χ0) is 22.9. The second kappa shape index (κ2) is 8.27. The molecule has 4 aromatic rings. The molecular weight excluding hydrogens is 422 g/mol. The molecule has 0 radical (unpaired) electrons. The van der Waals surface area contributed by atoms with Gasteiger partial charge in [0.1, 0.15) is 0 Å². The van der Waals surface area contributed by atoms with Gasteiger partial charge in [-0.25, -0.2) is 9.50 Å². The number of aromatic nitrogens is 3. The summed E-state index contributed by atoms with van der Waals surface area (Å²) in [6, 6.07) is 14.2. The van der Waals surface area contributed by atoms with Crippen molar-refractivity contribution in [3.8, 4) is 11.5 Å². The number of hydrogen-bond donors (Lipinski definition) is 2. The van der Waals surface area contributed by atoms with E-state index in [0.717, 1.165) is 11.3 Å². The van der Waals surface area contributed by atoms with Crippen molar-refractivity contribution < 1.29 is 19.1 Å². The van der Waals surface area contributed by atoms with E-state index in [4.69, 9.17) is 9.47 Å². The Morgan fingerprint density at radius 3 is 2.70 bits per heavy atom. The van der Waals surface area contributed by atoms with Crippen molar-refractivity contribution >= 4 is 23.1 Å². The molecule has 33 heavy (non-hydrogen) atoms. The Morgan fingerprint density at radius 2 is 1.82 bits per heavy atom. The Bertz CT molecular complexity index is 1400. The SMILES string of the molecule is Cc1cc2ncc(C(=O)Nc3ccccc3C(=O)NCc3ccc4c(c3)OCO4)c(C)n2n1. The van der Waals surface area contributed by atoms with Crippen LogP contribution in [0.2, 0.25) is 0 Å². The van der Waals surface area contributed by atoms with Gasteiger partial charge in [0.25, 0.3) is 11.8 Å². The maximum absolute atomic E-state index is 13.0. The summed E-state index contributed by atoms with van der Waals surface area (Å²) in [6.45, 7) is 4.17. The van der Waals surface area contributed by atoms with Crippen LogP contribution in [0.4, 0.5) is 5.69 Å². The molecule has 0 atom stereocenters. The van der Waals surface area contributed by atoms with E-state index in [0.29, 0.717) is 46.2 Å². The Morgan fingerprint density at radius 1 is 1.00 bits per heavy atom. The molecule has 2 N–H and O–H groups in total. The van der Waals surface area contributed by atoms with Crippen LogP contribution in [0, 0.1) is 13.8 Å². The first kappa shape index (κ1) is 20.5. The van der Waals surface area contributed by atoms with Gasteiger partial charge in [-0.15, -0.1) is 0 Å².